The van der Waals surface area contributed by atoms with Gasteiger partial charge in [-0.2, -0.15) is 0 Å². The summed E-state index contributed by atoms with van der Waals surface area (Å²) >= 11 is 0. The Kier molecular flexibility index (Phi) is 1.36. The number of hydrogen-bond acceptors (Lipinski definition) is 1. The predicted molar refractivity (Wildman–Crippen MR) is 22.2 cm³/mol. The lowest BCUT2D eigenvalue weighted by Gasteiger charge is -1.74. The molecule has 0 fully saturated rings. The largest absolute Gasteiger partial charge is 0.399 e. The van der Waals surface area contributed by atoms with Crippen LogP contribution in [0.2, 0.25) is 0 Å². The molecule has 0 rings (SSSR count). The molecule has 0 aliphatic rings. The monoisotopic (exact) mass is 68.1 g/mol. The quantitative estimate of drug-likeness (QED) is 0.443. The van der Waals surface area contributed by atoms with Crippen LogP contribution in [0.25, 0.3) is 0 Å². The van der Waals surface area contributed by atoms with Gasteiger partial charge in [0.05, 0.1) is 0 Å². The van der Waals surface area contributed by atoms with E-state index in [1.165, 1.54) is 6.08 Å². The molecule has 0 atom stereocenters. The second-order valence-electron chi connectivity index (χ2n) is 0.742. The van der Waals surface area contributed by atoms with Gasteiger partial charge in [-0.1, -0.05) is 13.2 Å². The minimum absolute atomic E-state index is 0.407. The molecule has 0 amide bonds. The first-order chi connectivity index (χ1) is 2.27. The summed E-state index contributed by atoms with van der Waals surface area (Å²) in [6.45, 7) is 8.09. The SMILES string of the molecule is [CH]=CC(=C)N. The van der Waals surface area contributed by atoms with E-state index < -0.39 is 0 Å². The van der Waals surface area contributed by atoms with E-state index in [0.29, 0.717) is 5.70 Å². The average Bonchev–Trinajstić information content (AvgIpc) is 1.38. The summed E-state index contributed by atoms with van der Waals surface area (Å²) in [5.41, 5.74) is 5.32. The maximum absolute atomic E-state index is 4.92. The van der Waals surface area contributed by atoms with Crippen LogP contribution >= 0.6 is 0 Å². The smallest absolute Gasteiger partial charge is 0.0240 e. The van der Waals surface area contributed by atoms with E-state index >= 15 is 0 Å². The molecule has 0 saturated carbocycles. The molecule has 0 spiro atoms. The number of allylic oxidation sites excluding steroid dienone is 1. The maximum Gasteiger partial charge on any atom is 0.0240 e. The summed E-state index contributed by atoms with van der Waals surface area (Å²) in [6, 6.07) is 0. The van der Waals surface area contributed by atoms with Crippen molar-refractivity contribution in [2.24, 2.45) is 5.73 Å². The van der Waals surface area contributed by atoms with Gasteiger partial charge in [0.1, 0.15) is 0 Å². The fraction of sp³-hybridized carbons (Fsp3) is 0. The van der Waals surface area contributed by atoms with Crippen LogP contribution in [0.1, 0.15) is 0 Å². The van der Waals surface area contributed by atoms with Crippen LogP contribution in [0.5, 0.6) is 0 Å². The van der Waals surface area contributed by atoms with Gasteiger partial charge in [-0.15, -0.1) is 0 Å². The number of hydrogen-bond donors (Lipinski definition) is 1. The molecule has 0 aromatic carbocycles. The predicted octanol–water partition coefficient (Wildman–Crippen LogP) is 0.448. The standard InChI is InChI=1S/C4H6N/c1-3-4(2)5/h1,3H,2,5H2. The topological polar surface area (TPSA) is 26.0 Å². The third-order valence-electron chi connectivity index (χ3n) is 0.214. The zero-order valence-corrected chi connectivity index (χ0v) is 2.94. The molecule has 2 N–H and O–H groups in total. The van der Waals surface area contributed by atoms with Crippen molar-refractivity contribution in [3.8, 4) is 0 Å². The van der Waals surface area contributed by atoms with Crippen molar-refractivity contribution in [2.45, 2.75) is 0 Å². The summed E-state index contributed by atoms with van der Waals surface area (Å²) in [4.78, 5) is 0. The third-order valence-corrected chi connectivity index (χ3v) is 0.214. The summed E-state index contributed by atoms with van der Waals surface area (Å²) in [7, 11) is 0. The van der Waals surface area contributed by atoms with Crippen molar-refractivity contribution in [3.05, 3.63) is 24.9 Å². The van der Waals surface area contributed by atoms with Crippen LogP contribution in [0.3, 0.4) is 0 Å². The Morgan fingerprint density at radius 2 is 2.20 bits per heavy atom. The Morgan fingerprint density at radius 1 is 2.00 bits per heavy atom. The molecule has 5 heavy (non-hydrogen) atoms. The Hall–Kier alpha value is -0.720. The highest BCUT2D eigenvalue weighted by Gasteiger charge is 1.59. The van der Waals surface area contributed by atoms with Gasteiger partial charge in [0, 0.05) is 5.70 Å². The molecule has 0 unspecified atom stereocenters. The van der Waals surface area contributed by atoms with Gasteiger partial charge < -0.3 is 5.73 Å². The highest BCUT2D eigenvalue weighted by atomic mass is 14.5. The second kappa shape index (κ2) is 1.58. The van der Waals surface area contributed by atoms with E-state index in [9.17, 15) is 0 Å². The molecule has 0 bridgehead atoms. The van der Waals surface area contributed by atoms with Crippen LogP contribution in [0, 0.1) is 6.58 Å². The first kappa shape index (κ1) is 4.28. The first-order valence-electron chi connectivity index (χ1n) is 1.26. The van der Waals surface area contributed by atoms with E-state index in [4.69, 9.17) is 12.3 Å². The van der Waals surface area contributed by atoms with Crippen molar-refractivity contribution in [3.63, 3.8) is 0 Å². The Bertz CT molecular complexity index is 54.7. The van der Waals surface area contributed by atoms with Crippen LogP contribution in [-0.4, -0.2) is 0 Å². The highest BCUT2D eigenvalue weighted by Crippen LogP contribution is 1.68. The third kappa shape index (κ3) is 3.28. The summed E-state index contributed by atoms with van der Waals surface area (Å²) < 4.78 is 0. The summed E-state index contributed by atoms with van der Waals surface area (Å²) in [5, 5.41) is 0. The van der Waals surface area contributed by atoms with Gasteiger partial charge in [-0.05, 0) is 6.08 Å². The molecule has 0 aromatic heterocycles. The van der Waals surface area contributed by atoms with Crippen molar-refractivity contribution >= 4 is 0 Å². The fourth-order valence-corrected chi connectivity index (χ4v) is 0. The van der Waals surface area contributed by atoms with E-state index in [1.54, 1.807) is 0 Å². The van der Waals surface area contributed by atoms with E-state index in [0.717, 1.165) is 0 Å². The molecule has 1 heteroatoms. The van der Waals surface area contributed by atoms with Crippen molar-refractivity contribution in [2.75, 3.05) is 0 Å². The lowest BCUT2D eigenvalue weighted by Crippen LogP contribution is -1.86. The van der Waals surface area contributed by atoms with E-state index in [2.05, 4.69) is 6.58 Å². The molecule has 0 aromatic rings. The zero-order valence-electron chi connectivity index (χ0n) is 2.94. The molecular weight excluding hydrogens is 62.1 g/mol. The van der Waals surface area contributed by atoms with Gasteiger partial charge in [-0.3, -0.25) is 0 Å². The second-order valence-corrected chi connectivity index (χ2v) is 0.742. The van der Waals surface area contributed by atoms with Gasteiger partial charge in [0.15, 0.2) is 0 Å². The van der Waals surface area contributed by atoms with Gasteiger partial charge in [0.2, 0.25) is 0 Å². The molecule has 0 aliphatic carbocycles. The zero-order chi connectivity index (χ0) is 4.28. The van der Waals surface area contributed by atoms with Crippen molar-refractivity contribution in [1.82, 2.24) is 0 Å². The molecular formula is C4H6N. The first-order valence-corrected chi connectivity index (χ1v) is 1.26. The Labute approximate surface area is 31.8 Å². The Balaban J connectivity index is 3.20. The van der Waals surface area contributed by atoms with Crippen LogP contribution in [0.15, 0.2) is 18.4 Å². The maximum atomic E-state index is 4.92. The van der Waals surface area contributed by atoms with Crippen LogP contribution < -0.4 is 5.73 Å². The minimum Gasteiger partial charge on any atom is -0.399 e. The molecule has 0 saturated heterocycles. The van der Waals surface area contributed by atoms with Gasteiger partial charge >= 0.3 is 0 Å². The highest BCUT2D eigenvalue weighted by molar-refractivity contribution is 5.02. The van der Waals surface area contributed by atoms with Gasteiger partial charge in [-0.25, -0.2) is 0 Å². The van der Waals surface area contributed by atoms with E-state index in [-0.39, 0.29) is 0 Å². The van der Waals surface area contributed by atoms with Crippen molar-refractivity contribution in [1.29, 1.82) is 0 Å². The minimum atomic E-state index is 0.407. The van der Waals surface area contributed by atoms with Crippen LogP contribution in [0.4, 0.5) is 0 Å². The lowest BCUT2D eigenvalue weighted by molar-refractivity contribution is 1.46. The van der Waals surface area contributed by atoms with Crippen molar-refractivity contribution < 1.29 is 0 Å². The summed E-state index contributed by atoms with van der Waals surface area (Å²) in [6.07, 6.45) is 1.25. The number of rotatable bonds is 1. The number of nitrogens with two attached hydrogens (primary N) is 1. The average molecular weight is 68.1 g/mol. The molecule has 27 valence electrons. The molecule has 1 nitrogen and oxygen atoms in total. The van der Waals surface area contributed by atoms with Crippen LogP contribution in [-0.2, 0) is 0 Å². The molecule has 0 heterocycles. The van der Waals surface area contributed by atoms with E-state index in [1.807, 2.05) is 0 Å². The lowest BCUT2D eigenvalue weighted by atomic mass is 10.5. The summed E-state index contributed by atoms with van der Waals surface area (Å²) in [5.74, 6) is 0. The van der Waals surface area contributed by atoms with Gasteiger partial charge in [0.25, 0.3) is 0 Å². The Morgan fingerprint density at radius 3 is 2.20 bits per heavy atom. The normalized spacial score (nSPS) is 6.40. The fourth-order valence-electron chi connectivity index (χ4n) is 0. The molecule has 1 radical (unpaired) electrons. The molecule has 0 aliphatic heterocycles.